The SMILES string of the molecule is CN1C(=O)Nc2cc(Cn3cnccc3=O)c(Cl)cc2[C@]1(C#CC1CC1)C(F)(F)F. The number of anilines is 1. The second kappa shape index (κ2) is 7.06. The Hall–Kier alpha value is -2.99. The molecule has 2 aromatic rings. The predicted octanol–water partition coefficient (Wildman–Crippen LogP) is 3.59. The van der Waals surface area contributed by atoms with Crippen molar-refractivity contribution < 1.29 is 18.0 Å². The smallest absolute Gasteiger partial charge is 0.307 e. The van der Waals surface area contributed by atoms with Gasteiger partial charge in [-0.1, -0.05) is 23.4 Å². The number of alkyl halides is 3. The van der Waals surface area contributed by atoms with Crippen molar-refractivity contribution in [1.29, 1.82) is 0 Å². The maximum Gasteiger partial charge on any atom is 0.427 e. The van der Waals surface area contributed by atoms with Crippen LogP contribution >= 0.6 is 11.6 Å². The summed E-state index contributed by atoms with van der Waals surface area (Å²) in [7, 11) is 1.06. The fourth-order valence-electron chi connectivity index (χ4n) is 3.35. The molecule has 2 aliphatic rings. The Morgan fingerprint density at radius 2 is 2.07 bits per heavy atom. The first-order chi connectivity index (χ1) is 14.1. The lowest BCUT2D eigenvalue weighted by molar-refractivity contribution is -0.203. The minimum absolute atomic E-state index is 0.0166. The van der Waals surface area contributed by atoms with Gasteiger partial charge in [0.1, 0.15) is 0 Å². The normalized spacial score (nSPS) is 20.8. The van der Waals surface area contributed by atoms with Gasteiger partial charge in [0, 0.05) is 41.5 Å². The van der Waals surface area contributed by atoms with Crippen molar-refractivity contribution in [3.8, 4) is 11.8 Å². The quantitative estimate of drug-likeness (QED) is 0.731. The third kappa shape index (κ3) is 3.31. The summed E-state index contributed by atoms with van der Waals surface area (Å²) in [6.45, 7) is -0.0166. The van der Waals surface area contributed by atoms with Crippen LogP contribution in [0.3, 0.4) is 0 Å². The van der Waals surface area contributed by atoms with Crippen LogP contribution in [0.2, 0.25) is 5.02 Å². The molecule has 1 aliphatic heterocycles. The molecule has 0 unspecified atom stereocenters. The second-order valence-electron chi connectivity index (χ2n) is 7.28. The number of carbonyl (C=O) groups is 1. The van der Waals surface area contributed by atoms with Crippen molar-refractivity contribution in [1.82, 2.24) is 14.5 Å². The van der Waals surface area contributed by atoms with Gasteiger partial charge in [-0.3, -0.25) is 14.3 Å². The first-order valence-electron chi connectivity index (χ1n) is 9.11. The van der Waals surface area contributed by atoms with Crippen LogP contribution in [0.5, 0.6) is 0 Å². The number of aromatic nitrogens is 2. The Kier molecular flexibility index (Phi) is 4.77. The number of hydrogen-bond acceptors (Lipinski definition) is 3. The summed E-state index contributed by atoms with van der Waals surface area (Å²) in [6, 6.07) is 2.84. The van der Waals surface area contributed by atoms with Crippen LogP contribution in [0.25, 0.3) is 0 Å². The highest BCUT2D eigenvalue weighted by molar-refractivity contribution is 6.31. The molecule has 30 heavy (non-hydrogen) atoms. The molecule has 156 valence electrons. The monoisotopic (exact) mass is 436 g/mol. The molecular formula is C20H16ClF3N4O2. The van der Waals surface area contributed by atoms with Crippen molar-refractivity contribution in [2.45, 2.75) is 31.1 Å². The maximum atomic E-state index is 14.4. The number of carbonyl (C=O) groups excluding carboxylic acids is 1. The van der Waals surface area contributed by atoms with Crippen LogP contribution in [0, 0.1) is 17.8 Å². The van der Waals surface area contributed by atoms with Crippen molar-refractivity contribution in [2.75, 3.05) is 12.4 Å². The lowest BCUT2D eigenvalue weighted by Gasteiger charge is -2.43. The molecule has 1 fully saturated rings. The van der Waals surface area contributed by atoms with E-state index < -0.39 is 17.7 Å². The minimum Gasteiger partial charge on any atom is -0.307 e. The molecule has 0 saturated heterocycles. The van der Waals surface area contributed by atoms with Crippen LogP contribution in [0.4, 0.5) is 23.7 Å². The fourth-order valence-corrected chi connectivity index (χ4v) is 3.58. The molecule has 1 aromatic carbocycles. The Labute approximate surface area is 174 Å². The second-order valence-corrected chi connectivity index (χ2v) is 7.68. The van der Waals surface area contributed by atoms with Gasteiger partial charge in [0.25, 0.3) is 5.56 Å². The number of urea groups is 1. The molecule has 0 bridgehead atoms. The van der Waals surface area contributed by atoms with Gasteiger partial charge in [-0.05, 0) is 30.5 Å². The van der Waals surface area contributed by atoms with Crippen LogP contribution in [0.15, 0.2) is 35.5 Å². The number of halogens is 4. The number of hydrogen-bond donors (Lipinski definition) is 1. The third-order valence-electron chi connectivity index (χ3n) is 5.20. The van der Waals surface area contributed by atoms with Crippen LogP contribution in [0.1, 0.15) is 24.0 Å². The highest BCUT2D eigenvalue weighted by Gasteiger charge is 2.62. The molecular weight excluding hydrogens is 421 g/mol. The number of fused-ring (bicyclic) bond motifs is 1. The molecule has 1 N–H and O–H groups in total. The molecule has 1 saturated carbocycles. The highest BCUT2D eigenvalue weighted by atomic mass is 35.5. The van der Waals surface area contributed by atoms with Crippen molar-refractivity contribution in [3.05, 3.63) is 57.2 Å². The van der Waals surface area contributed by atoms with Crippen molar-refractivity contribution in [3.63, 3.8) is 0 Å². The summed E-state index contributed by atoms with van der Waals surface area (Å²) in [5.41, 5.74) is -3.10. The predicted molar refractivity (Wildman–Crippen MR) is 104 cm³/mol. The number of rotatable bonds is 2. The molecule has 1 aromatic heterocycles. The minimum atomic E-state index is -4.86. The molecule has 1 aliphatic carbocycles. The Morgan fingerprint density at radius 3 is 2.70 bits per heavy atom. The zero-order chi connectivity index (χ0) is 21.7. The first-order valence-corrected chi connectivity index (χ1v) is 9.49. The van der Waals surface area contributed by atoms with Crippen molar-refractivity contribution >= 4 is 23.3 Å². The Balaban J connectivity index is 1.88. The molecule has 1 atom stereocenters. The molecule has 2 amide bonds. The largest absolute Gasteiger partial charge is 0.427 e. The zero-order valence-electron chi connectivity index (χ0n) is 15.8. The summed E-state index contributed by atoms with van der Waals surface area (Å²) < 4.78 is 44.4. The van der Waals surface area contributed by atoms with Gasteiger partial charge in [0.2, 0.25) is 5.54 Å². The third-order valence-corrected chi connectivity index (χ3v) is 5.56. The van der Waals surface area contributed by atoms with E-state index >= 15 is 0 Å². The van der Waals surface area contributed by atoms with E-state index in [0.29, 0.717) is 10.5 Å². The first kappa shape index (κ1) is 20.3. The van der Waals surface area contributed by atoms with Crippen LogP contribution < -0.4 is 10.9 Å². The molecule has 4 rings (SSSR count). The van der Waals surface area contributed by atoms with Gasteiger partial charge in [-0.2, -0.15) is 13.2 Å². The molecule has 2 heterocycles. The summed E-state index contributed by atoms with van der Waals surface area (Å²) >= 11 is 6.32. The van der Waals surface area contributed by atoms with E-state index in [2.05, 4.69) is 22.1 Å². The van der Waals surface area contributed by atoms with Gasteiger partial charge in [-0.15, -0.1) is 0 Å². The molecule has 6 nitrogen and oxygen atoms in total. The van der Waals surface area contributed by atoms with Crippen LogP contribution in [-0.2, 0) is 12.1 Å². The van der Waals surface area contributed by atoms with E-state index in [1.165, 1.54) is 35.3 Å². The number of amides is 2. The number of nitrogens with zero attached hydrogens (tertiary/aromatic N) is 3. The summed E-state index contributed by atoms with van der Waals surface area (Å²) in [4.78, 5) is 28.8. The van der Waals surface area contributed by atoms with Gasteiger partial charge in [0.05, 0.1) is 12.9 Å². The number of nitrogens with one attached hydrogen (secondary N) is 1. The van der Waals surface area contributed by atoms with Gasteiger partial charge >= 0.3 is 12.2 Å². The molecule has 0 spiro atoms. The molecule has 10 heteroatoms. The Bertz CT molecular complexity index is 1150. The van der Waals surface area contributed by atoms with Gasteiger partial charge in [0.15, 0.2) is 0 Å². The lowest BCUT2D eigenvalue weighted by Crippen LogP contribution is -2.59. The fraction of sp³-hybridized carbons (Fsp3) is 0.350. The summed E-state index contributed by atoms with van der Waals surface area (Å²) in [6.07, 6.45) is -0.751. The van der Waals surface area contributed by atoms with E-state index in [1.54, 1.807) is 0 Å². The van der Waals surface area contributed by atoms with Gasteiger partial charge < -0.3 is 5.32 Å². The van der Waals surface area contributed by atoms with E-state index in [-0.39, 0.29) is 34.3 Å². The summed E-state index contributed by atoms with van der Waals surface area (Å²) in [5, 5.41) is 2.49. The van der Waals surface area contributed by atoms with Crippen LogP contribution in [-0.4, -0.2) is 33.7 Å². The number of benzene rings is 1. The van der Waals surface area contributed by atoms with E-state index in [1.807, 2.05) is 0 Å². The van der Waals surface area contributed by atoms with E-state index in [9.17, 15) is 22.8 Å². The van der Waals surface area contributed by atoms with E-state index in [0.717, 1.165) is 19.9 Å². The average Bonchev–Trinajstić information content (AvgIpc) is 3.49. The highest BCUT2D eigenvalue weighted by Crippen LogP contribution is 2.49. The maximum absolute atomic E-state index is 14.4. The summed E-state index contributed by atoms with van der Waals surface area (Å²) in [5.74, 6) is 4.90. The lowest BCUT2D eigenvalue weighted by atomic mass is 9.84. The Morgan fingerprint density at radius 1 is 1.33 bits per heavy atom. The van der Waals surface area contributed by atoms with Crippen molar-refractivity contribution in [2.24, 2.45) is 5.92 Å². The van der Waals surface area contributed by atoms with E-state index in [4.69, 9.17) is 11.6 Å². The molecule has 0 radical (unpaired) electrons. The average molecular weight is 437 g/mol. The zero-order valence-corrected chi connectivity index (χ0v) is 16.5. The van der Waals surface area contributed by atoms with Gasteiger partial charge in [-0.25, -0.2) is 9.78 Å². The standard InChI is InChI=1S/C20H16ClF3N4O2/c1-27-18(30)26-16-8-13(10-28-11-25-7-5-17(28)29)15(21)9-14(16)19(27,20(22,23)24)6-4-12-2-3-12/h5,7-9,11-12H,2-3,10H2,1H3,(H,26,30)/t19-/m1/s1. The topological polar surface area (TPSA) is 67.2 Å².